The quantitative estimate of drug-likeness (QED) is 0.648. The average molecular weight is 344 g/mol. The van der Waals surface area contributed by atoms with Crippen LogP contribution in [-0.4, -0.2) is 34.5 Å². The molecular formula is C20H24O5. The first-order chi connectivity index (χ1) is 12.0. The van der Waals surface area contributed by atoms with Crippen LogP contribution in [0.15, 0.2) is 60.7 Å². The molecule has 0 heterocycles. The van der Waals surface area contributed by atoms with Crippen molar-refractivity contribution in [2.45, 2.75) is 38.3 Å². The van der Waals surface area contributed by atoms with Crippen LogP contribution >= 0.6 is 0 Å². The Bertz CT molecular complexity index is 642. The van der Waals surface area contributed by atoms with Crippen molar-refractivity contribution in [3.05, 3.63) is 71.8 Å². The van der Waals surface area contributed by atoms with E-state index in [2.05, 4.69) is 0 Å². The van der Waals surface area contributed by atoms with Gasteiger partial charge >= 0.3 is 5.97 Å². The zero-order valence-corrected chi connectivity index (χ0v) is 14.3. The third-order valence-corrected chi connectivity index (χ3v) is 4.11. The van der Waals surface area contributed by atoms with Gasteiger partial charge in [0.25, 0.3) is 0 Å². The number of hydrogen-bond donors (Lipinski definition) is 2. The Balaban J connectivity index is 1.95. The molecule has 0 unspecified atom stereocenters. The van der Waals surface area contributed by atoms with Crippen LogP contribution in [0, 0.1) is 0 Å². The summed E-state index contributed by atoms with van der Waals surface area (Å²) in [4.78, 5) is 11.8. The molecule has 0 fully saturated rings. The van der Waals surface area contributed by atoms with Crippen molar-refractivity contribution in [2.75, 3.05) is 6.61 Å². The highest BCUT2D eigenvalue weighted by Gasteiger charge is 2.44. The Labute approximate surface area is 147 Å². The molecule has 25 heavy (non-hydrogen) atoms. The molecule has 0 saturated carbocycles. The molecule has 2 N–H and O–H groups in total. The molecule has 0 radical (unpaired) electrons. The van der Waals surface area contributed by atoms with E-state index in [9.17, 15) is 15.0 Å². The molecule has 2 atom stereocenters. The molecule has 0 aromatic heterocycles. The smallest absolute Gasteiger partial charge is 0.338 e. The van der Waals surface area contributed by atoms with Gasteiger partial charge in [0.2, 0.25) is 0 Å². The van der Waals surface area contributed by atoms with Gasteiger partial charge in [-0.2, -0.15) is 0 Å². The van der Waals surface area contributed by atoms with Crippen molar-refractivity contribution in [1.82, 2.24) is 0 Å². The van der Waals surface area contributed by atoms with Crippen LogP contribution in [0.4, 0.5) is 0 Å². The lowest BCUT2D eigenvalue weighted by Crippen LogP contribution is -2.51. The molecule has 0 aliphatic rings. The molecule has 134 valence electrons. The number of aliphatic hydroxyl groups is 1. The summed E-state index contributed by atoms with van der Waals surface area (Å²) in [5.74, 6) is -1.19. The van der Waals surface area contributed by atoms with Crippen LogP contribution in [-0.2, 0) is 27.5 Å². The van der Waals surface area contributed by atoms with Crippen LogP contribution in [0.5, 0.6) is 0 Å². The van der Waals surface area contributed by atoms with E-state index < -0.39 is 17.7 Å². The topological polar surface area (TPSA) is 76.0 Å². The van der Waals surface area contributed by atoms with Gasteiger partial charge in [-0.25, -0.2) is 4.79 Å². The monoisotopic (exact) mass is 344 g/mol. The van der Waals surface area contributed by atoms with E-state index in [4.69, 9.17) is 9.47 Å². The van der Waals surface area contributed by atoms with Gasteiger partial charge in [-0.3, -0.25) is 0 Å². The first-order valence-electron chi connectivity index (χ1n) is 8.25. The zero-order chi connectivity index (χ0) is 18.1. The van der Waals surface area contributed by atoms with Crippen LogP contribution < -0.4 is 0 Å². The largest absolute Gasteiger partial charge is 0.479 e. The second kappa shape index (κ2) is 9.32. The van der Waals surface area contributed by atoms with E-state index >= 15 is 0 Å². The Morgan fingerprint density at radius 3 is 2.00 bits per heavy atom. The second-order valence-corrected chi connectivity index (χ2v) is 5.93. The Hall–Kier alpha value is -2.21. The minimum absolute atomic E-state index is 0.0552. The molecule has 2 aromatic rings. The predicted molar refractivity (Wildman–Crippen MR) is 94.0 cm³/mol. The highest BCUT2D eigenvalue weighted by Crippen LogP contribution is 2.24. The summed E-state index contributed by atoms with van der Waals surface area (Å²) >= 11 is 0. The van der Waals surface area contributed by atoms with E-state index in [-0.39, 0.29) is 19.6 Å². The number of hydrogen-bond acceptors (Lipinski definition) is 4. The van der Waals surface area contributed by atoms with Crippen molar-refractivity contribution in [3.63, 3.8) is 0 Å². The molecule has 5 heteroatoms. The SMILES string of the molecule is C[C@@H](O)[C@](CCOCc1ccccc1)(OCc1ccccc1)C(=O)O. The molecule has 0 amide bonds. The minimum Gasteiger partial charge on any atom is -0.479 e. The number of carbonyl (C=O) groups is 1. The van der Waals surface area contributed by atoms with Crippen molar-refractivity contribution in [2.24, 2.45) is 0 Å². The molecule has 0 spiro atoms. The van der Waals surface area contributed by atoms with Crippen LogP contribution in [0.3, 0.4) is 0 Å². The second-order valence-electron chi connectivity index (χ2n) is 5.93. The fourth-order valence-corrected chi connectivity index (χ4v) is 2.52. The van der Waals surface area contributed by atoms with Gasteiger partial charge in [0.15, 0.2) is 5.60 Å². The number of aliphatic carboxylic acids is 1. The maximum absolute atomic E-state index is 11.8. The normalized spacial score (nSPS) is 14.6. The third kappa shape index (κ3) is 5.39. The van der Waals surface area contributed by atoms with E-state index in [1.807, 2.05) is 60.7 Å². The van der Waals surface area contributed by atoms with E-state index in [0.717, 1.165) is 11.1 Å². The molecule has 5 nitrogen and oxygen atoms in total. The fraction of sp³-hybridized carbons (Fsp3) is 0.350. The lowest BCUT2D eigenvalue weighted by molar-refractivity contribution is -0.189. The number of aliphatic hydroxyl groups excluding tert-OH is 1. The number of carboxylic acids is 1. The summed E-state index contributed by atoms with van der Waals surface area (Å²) in [5.41, 5.74) is 0.150. The molecule has 0 bridgehead atoms. The maximum atomic E-state index is 11.8. The number of benzene rings is 2. The molecular weight excluding hydrogens is 320 g/mol. The molecule has 0 aliphatic carbocycles. The average Bonchev–Trinajstić information content (AvgIpc) is 2.62. The minimum atomic E-state index is -1.70. The Morgan fingerprint density at radius 2 is 1.52 bits per heavy atom. The Kier molecular flexibility index (Phi) is 7.13. The van der Waals surface area contributed by atoms with Crippen molar-refractivity contribution < 1.29 is 24.5 Å². The number of rotatable bonds is 10. The Morgan fingerprint density at radius 1 is 1.00 bits per heavy atom. The van der Waals surface area contributed by atoms with Crippen LogP contribution in [0.25, 0.3) is 0 Å². The first-order valence-corrected chi connectivity index (χ1v) is 8.25. The predicted octanol–water partition coefficient (Wildman–Crippen LogP) is 3.01. The van der Waals surface area contributed by atoms with Gasteiger partial charge in [-0.15, -0.1) is 0 Å². The summed E-state index contributed by atoms with van der Waals surface area (Å²) in [6, 6.07) is 18.9. The van der Waals surface area contributed by atoms with E-state index in [1.165, 1.54) is 6.92 Å². The van der Waals surface area contributed by atoms with Crippen molar-refractivity contribution in [3.8, 4) is 0 Å². The number of ether oxygens (including phenoxy) is 2. The van der Waals surface area contributed by atoms with Gasteiger partial charge in [-0.1, -0.05) is 60.7 Å². The maximum Gasteiger partial charge on any atom is 0.338 e. The summed E-state index contributed by atoms with van der Waals surface area (Å²) in [6.45, 7) is 2.09. The van der Waals surface area contributed by atoms with Gasteiger partial charge in [0.05, 0.1) is 25.9 Å². The summed E-state index contributed by atoms with van der Waals surface area (Å²) in [7, 11) is 0. The fourth-order valence-electron chi connectivity index (χ4n) is 2.52. The standard InChI is InChI=1S/C20H24O5/c1-16(21)20(19(22)23,25-15-18-10-6-3-7-11-18)12-13-24-14-17-8-4-2-5-9-17/h2-11,16,21H,12-15H2,1H3,(H,22,23)/t16-,20+/m1/s1. The zero-order valence-electron chi connectivity index (χ0n) is 14.3. The highest BCUT2D eigenvalue weighted by atomic mass is 16.5. The lowest BCUT2D eigenvalue weighted by Gasteiger charge is -2.32. The van der Waals surface area contributed by atoms with Gasteiger partial charge in [0, 0.05) is 6.42 Å². The first kappa shape index (κ1) is 19.1. The van der Waals surface area contributed by atoms with E-state index in [1.54, 1.807) is 0 Å². The lowest BCUT2D eigenvalue weighted by atomic mass is 9.93. The molecule has 2 aromatic carbocycles. The van der Waals surface area contributed by atoms with Crippen molar-refractivity contribution in [1.29, 1.82) is 0 Å². The van der Waals surface area contributed by atoms with Gasteiger partial charge in [0.1, 0.15) is 0 Å². The molecule has 0 aliphatic heterocycles. The molecule has 2 rings (SSSR count). The van der Waals surface area contributed by atoms with Crippen LogP contribution in [0.2, 0.25) is 0 Å². The van der Waals surface area contributed by atoms with Gasteiger partial charge < -0.3 is 19.7 Å². The number of carboxylic acid groups (broad SMARTS) is 1. The highest BCUT2D eigenvalue weighted by molar-refractivity contribution is 5.78. The summed E-state index contributed by atoms with van der Waals surface area (Å²) < 4.78 is 11.2. The van der Waals surface area contributed by atoms with Crippen molar-refractivity contribution >= 4 is 5.97 Å². The van der Waals surface area contributed by atoms with E-state index in [0.29, 0.717) is 6.61 Å². The van der Waals surface area contributed by atoms with Gasteiger partial charge in [-0.05, 0) is 18.1 Å². The summed E-state index contributed by atoms with van der Waals surface area (Å²) in [6.07, 6.45) is -1.12. The molecule has 0 saturated heterocycles. The summed E-state index contributed by atoms with van der Waals surface area (Å²) in [5, 5.41) is 19.7. The third-order valence-electron chi connectivity index (χ3n) is 4.11. The van der Waals surface area contributed by atoms with Crippen LogP contribution in [0.1, 0.15) is 24.5 Å².